The Balaban J connectivity index is 2.10. The Morgan fingerprint density at radius 3 is 2.71 bits per heavy atom. The lowest BCUT2D eigenvalue weighted by molar-refractivity contribution is -0.384. The number of hydrogen-bond donors (Lipinski definition) is 2. The second kappa shape index (κ2) is 6.34. The third-order valence-electron chi connectivity index (χ3n) is 3.63. The average Bonchev–Trinajstić information content (AvgIpc) is 3.25. The van der Waals surface area contributed by atoms with Crippen LogP contribution in [0.25, 0.3) is 0 Å². The van der Waals surface area contributed by atoms with E-state index in [0.29, 0.717) is 24.3 Å². The van der Waals surface area contributed by atoms with Crippen molar-refractivity contribution in [2.24, 2.45) is 0 Å². The van der Waals surface area contributed by atoms with Crippen LogP contribution in [0.5, 0.6) is 0 Å². The lowest BCUT2D eigenvalue weighted by Crippen LogP contribution is -2.31. The Morgan fingerprint density at radius 1 is 1.48 bits per heavy atom. The zero-order chi connectivity index (χ0) is 15.5. The van der Waals surface area contributed by atoms with Gasteiger partial charge < -0.3 is 10.6 Å². The molecule has 1 aromatic rings. The fraction of sp³-hybridized carbons (Fsp3) is 0.500. The van der Waals surface area contributed by atoms with Gasteiger partial charge in [-0.25, -0.2) is 0 Å². The van der Waals surface area contributed by atoms with Gasteiger partial charge in [-0.15, -0.1) is 0 Å². The normalized spacial score (nSPS) is 15.3. The topological polar surface area (TPSA) is 84.3 Å². The standard InChI is InChI=1S/C14H19N3O3S/c1-3-15-11-8-10(4-5-12(11)17(19)20)13(18)16-9-14(21-2)6-7-14/h4-5,8,15H,3,6-7,9H2,1-2H3,(H,16,18). The van der Waals surface area contributed by atoms with Crippen LogP contribution >= 0.6 is 11.8 Å². The van der Waals surface area contributed by atoms with E-state index in [0.717, 1.165) is 12.8 Å². The molecule has 1 aromatic carbocycles. The molecule has 0 radical (unpaired) electrons. The average molecular weight is 309 g/mol. The zero-order valence-corrected chi connectivity index (χ0v) is 13.0. The van der Waals surface area contributed by atoms with Crippen LogP contribution in [0.4, 0.5) is 11.4 Å². The molecule has 2 rings (SSSR count). The van der Waals surface area contributed by atoms with Gasteiger partial charge >= 0.3 is 0 Å². The molecule has 0 saturated heterocycles. The van der Waals surface area contributed by atoms with Crippen molar-refractivity contribution in [3.63, 3.8) is 0 Å². The number of nitrogens with one attached hydrogen (secondary N) is 2. The lowest BCUT2D eigenvalue weighted by Gasteiger charge is -2.13. The van der Waals surface area contributed by atoms with E-state index in [4.69, 9.17) is 0 Å². The molecule has 1 fully saturated rings. The van der Waals surface area contributed by atoms with Crippen molar-refractivity contribution < 1.29 is 9.72 Å². The molecule has 0 heterocycles. The van der Waals surface area contributed by atoms with Gasteiger partial charge in [-0.1, -0.05) is 0 Å². The van der Waals surface area contributed by atoms with Crippen LogP contribution < -0.4 is 10.6 Å². The highest BCUT2D eigenvalue weighted by molar-refractivity contribution is 8.00. The first kappa shape index (κ1) is 15.6. The van der Waals surface area contributed by atoms with Crippen molar-refractivity contribution in [2.45, 2.75) is 24.5 Å². The Kier molecular flexibility index (Phi) is 4.72. The largest absolute Gasteiger partial charge is 0.380 e. The second-order valence-corrected chi connectivity index (χ2v) is 6.36. The van der Waals surface area contributed by atoms with Crippen molar-refractivity contribution in [3.05, 3.63) is 33.9 Å². The van der Waals surface area contributed by atoms with E-state index in [1.165, 1.54) is 18.2 Å². The maximum Gasteiger partial charge on any atom is 0.292 e. The summed E-state index contributed by atoms with van der Waals surface area (Å²) < 4.78 is 0.195. The number of nitrogens with zero attached hydrogens (tertiary/aromatic N) is 1. The second-order valence-electron chi connectivity index (χ2n) is 5.09. The first-order valence-electron chi connectivity index (χ1n) is 6.87. The highest BCUT2D eigenvalue weighted by Crippen LogP contribution is 2.46. The lowest BCUT2D eigenvalue weighted by atomic mass is 10.1. The van der Waals surface area contributed by atoms with Crippen molar-refractivity contribution in [1.29, 1.82) is 0 Å². The molecule has 0 aliphatic heterocycles. The van der Waals surface area contributed by atoms with E-state index in [1.807, 2.05) is 13.2 Å². The van der Waals surface area contributed by atoms with Crippen molar-refractivity contribution >= 4 is 29.0 Å². The van der Waals surface area contributed by atoms with Gasteiger partial charge in [-0.05, 0) is 38.2 Å². The minimum atomic E-state index is -0.452. The van der Waals surface area contributed by atoms with Gasteiger partial charge in [0.15, 0.2) is 0 Å². The third kappa shape index (κ3) is 3.66. The number of hydrogen-bond acceptors (Lipinski definition) is 5. The summed E-state index contributed by atoms with van der Waals surface area (Å²) in [5.74, 6) is -0.190. The van der Waals surface area contributed by atoms with Gasteiger partial charge in [-0.2, -0.15) is 11.8 Å². The molecule has 1 aliphatic rings. The highest BCUT2D eigenvalue weighted by atomic mass is 32.2. The van der Waals surface area contributed by atoms with Crippen molar-refractivity contribution in [3.8, 4) is 0 Å². The van der Waals surface area contributed by atoms with Crippen LogP contribution in [0.1, 0.15) is 30.1 Å². The molecule has 1 saturated carbocycles. The van der Waals surface area contributed by atoms with Crippen molar-refractivity contribution in [2.75, 3.05) is 24.7 Å². The van der Waals surface area contributed by atoms with Crippen molar-refractivity contribution in [1.82, 2.24) is 5.32 Å². The number of benzene rings is 1. The summed E-state index contributed by atoms with van der Waals surface area (Å²) >= 11 is 1.78. The number of amides is 1. The summed E-state index contributed by atoms with van der Waals surface area (Å²) in [4.78, 5) is 22.6. The summed E-state index contributed by atoms with van der Waals surface area (Å²) in [6.45, 7) is 3.05. The molecule has 2 N–H and O–H groups in total. The molecular weight excluding hydrogens is 290 g/mol. The molecule has 114 valence electrons. The Bertz CT molecular complexity index is 558. The molecule has 21 heavy (non-hydrogen) atoms. The number of nitro benzene ring substituents is 1. The molecule has 1 amide bonds. The van der Waals surface area contributed by atoms with E-state index in [-0.39, 0.29) is 16.3 Å². The smallest absolute Gasteiger partial charge is 0.292 e. The van der Waals surface area contributed by atoms with E-state index >= 15 is 0 Å². The Morgan fingerprint density at radius 2 is 2.19 bits per heavy atom. The molecular formula is C14H19N3O3S. The first-order valence-corrected chi connectivity index (χ1v) is 8.09. The van der Waals surface area contributed by atoms with Gasteiger partial charge in [0.2, 0.25) is 0 Å². The zero-order valence-electron chi connectivity index (χ0n) is 12.1. The number of anilines is 1. The number of carbonyl (C=O) groups is 1. The fourth-order valence-electron chi connectivity index (χ4n) is 2.10. The number of thioether (sulfide) groups is 1. The molecule has 1 aliphatic carbocycles. The minimum absolute atomic E-state index is 0.0174. The van der Waals surface area contributed by atoms with E-state index < -0.39 is 4.92 Å². The van der Waals surface area contributed by atoms with Crippen LogP contribution in [0.2, 0.25) is 0 Å². The Hall–Kier alpha value is -1.76. The Labute approximate surface area is 127 Å². The van der Waals surface area contributed by atoms with Crippen LogP contribution in [0.15, 0.2) is 18.2 Å². The summed E-state index contributed by atoms with van der Waals surface area (Å²) in [6, 6.07) is 4.40. The number of nitro groups is 1. The fourth-order valence-corrected chi connectivity index (χ4v) is 2.83. The molecule has 0 aromatic heterocycles. The molecule has 7 heteroatoms. The molecule has 6 nitrogen and oxygen atoms in total. The molecule has 0 spiro atoms. The van der Waals surface area contributed by atoms with Crippen LogP contribution in [-0.4, -0.2) is 34.9 Å². The van der Waals surface area contributed by atoms with Gasteiger partial charge in [0.25, 0.3) is 11.6 Å². The summed E-state index contributed by atoms with van der Waals surface area (Å²) in [5.41, 5.74) is 0.797. The summed E-state index contributed by atoms with van der Waals surface area (Å²) in [7, 11) is 0. The number of rotatable bonds is 7. The predicted octanol–water partition coefficient (Wildman–Crippen LogP) is 2.65. The van der Waals surface area contributed by atoms with Crippen LogP contribution in [-0.2, 0) is 0 Å². The maximum atomic E-state index is 12.2. The van der Waals surface area contributed by atoms with Gasteiger partial charge in [0.1, 0.15) is 5.69 Å². The van der Waals surface area contributed by atoms with E-state index in [9.17, 15) is 14.9 Å². The van der Waals surface area contributed by atoms with Gasteiger partial charge in [0.05, 0.1) is 4.92 Å². The minimum Gasteiger partial charge on any atom is -0.380 e. The molecule has 0 unspecified atom stereocenters. The molecule has 0 atom stereocenters. The third-order valence-corrected chi connectivity index (χ3v) is 5.05. The van der Waals surface area contributed by atoms with Crippen LogP contribution in [0, 0.1) is 10.1 Å². The van der Waals surface area contributed by atoms with E-state index in [1.54, 1.807) is 11.8 Å². The highest BCUT2D eigenvalue weighted by Gasteiger charge is 2.41. The van der Waals surface area contributed by atoms with Crippen LogP contribution in [0.3, 0.4) is 0 Å². The maximum absolute atomic E-state index is 12.2. The molecule has 0 bridgehead atoms. The first-order chi connectivity index (χ1) is 10.0. The number of carbonyl (C=O) groups excluding carboxylic acids is 1. The van der Waals surface area contributed by atoms with Gasteiger partial charge in [-0.3, -0.25) is 14.9 Å². The van der Waals surface area contributed by atoms with E-state index in [2.05, 4.69) is 10.6 Å². The SMILES string of the molecule is CCNc1cc(C(=O)NCC2(SC)CC2)ccc1[N+](=O)[O-]. The predicted molar refractivity (Wildman–Crippen MR) is 85.1 cm³/mol. The summed E-state index contributed by atoms with van der Waals surface area (Å²) in [6.07, 6.45) is 4.29. The monoisotopic (exact) mass is 309 g/mol. The quantitative estimate of drug-likeness (QED) is 0.597. The summed E-state index contributed by atoms with van der Waals surface area (Å²) in [5, 5.41) is 16.8. The van der Waals surface area contributed by atoms with Gasteiger partial charge in [0, 0.05) is 29.5 Å².